The number of likely N-dealkylation sites (tertiary alicyclic amines) is 1. The second-order valence-electron chi connectivity index (χ2n) is 5.34. The fourth-order valence-corrected chi connectivity index (χ4v) is 2.58. The molecule has 0 spiro atoms. The zero-order valence-corrected chi connectivity index (χ0v) is 12.6. The molecule has 2 rings (SSSR count). The van der Waals surface area contributed by atoms with Crippen molar-refractivity contribution in [2.24, 2.45) is 0 Å². The van der Waals surface area contributed by atoms with Crippen molar-refractivity contribution in [2.45, 2.75) is 32.6 Å². The van der Waals surface area contributed by atoms with Crippen LogP contribution in [0.3, 0.4) is 0 Å². The molecule has 0 N–H and O–H groups in total. The highest BCUT2D eigenvalue weighted by atomic mass is 16.2. The number of hydrogen-bond acceptors (Lipinski definition) is 3. The van der Waals surface area contributed by atoms with E-state index in [1.54, 1.807) is 22.2 Å². The molecule has 5 heteroatoms. The molecule has 1 aromatic heterocycles. The second-order valence-corrected chi connectivity index (χ2v) is 5.34. The monoisotopic (exact) mass is 289 g/mol. The summed E-state index contributed by atoms with van der Waals surface area (Å²) in [5.74, 6) is -0.709. The van der Waals surface area contributed by atoms with Gasteiger partial charge in [-0.2, -0.15) is 0 Å². The van der Waals surface area contributed by atoms with Crippen LogP contribution in [0.5, 0.6) is 0 Å². The van der Waals surface area contributed by atoms with Gasteiger partial charge >= 0.3 is 11.8 Å². The summed E-state index contributed by atoms with van der Waals surface area (Å²) >= 11 is 0. The Bertz CT molecular complexity index is 470. The first-order valence-electron chi connectivity index (χ1n) is 7.69. The lowest BCUT2D eigenvalue weighted by molar-refractivity contribution is -0.152. The quantitative estimate of drug-likeness (QED) is 0.789. The average Bonchev–Trinajstić information content (AvgIpc) is 2.56. The molecule has 2 amide bonds. The number of pyridine rings is 1. The third-order valence-electron chi connectivity index (χ3n) is 3.91. The Morgan fingerprint density at radius 1 is 1.19 bits per heavy atom. The van der Waals surface area contributed by atoms with Gasteiger partial charge in [0.25, 0.3) is 0 Å². The Morgan fingerprint density at radius 3 is 2.48 bits per heavy atom. The molecule has 5 nitrogen and oxygen atoms in total. The summed E-state index contributed by atoms with van der Waals surface area (Å²) in [6.45, 7) is 4.47. The number of rotatable bonds is 4. The van der Waals surface area contributed by atoms with Crippen molar-refractivity contribution in [1.29, 1.82) is 0 Å². The molecule has 0 bridgehead atoms. The van der Waals surface area contributed by atoms with Gasteiger partial charge in [0, 0.05) is 38.6 Å². The van der Waals surface area contributed by atoms with Crippen molar-refractivity contribution in [3.8, 4) is 0 Å². The summed E-state index contributed by atoms with van der Waals surface area (Å²) in [6, 6.07) is 3.87. The summed E-state index contributed by atoms with van der Waals surface area (Å²) in [5, 5.41) is 0. The summed E-state index contributed by atoms with van der Waals surface area (Å²) in [7, 11) is 0. The first-order chi connectivity index (χ1) is 10.2. The number of nitrogens with zero attached hydrogens (tertiary/aromatic N) is 3. The Kier molecular flexibility index (Phi) is 5.72. The third kappa shape index (κ3) is 4.28. The molecule has 1 saturated heterocycles. The maximum atomic E-state index is 12.3. The van der Waals surface area contributed by atoms with E-state index in [2.05, 4.69) is 4.98 Å². The van der Waals surface area contributed by atoms with Crippen LogP contribution in [0.25, 0.3) is 0 Å². The van der Waals surface area contributed by atoms with E-state index in [4.69, 9.17) is 0 Å². The van der Waals surface area contributed by atoms with Crippen LogP contribution in [0.15, 0.2) is 24.5 Å². The predicted octanol–water partition coefficient (Wildman–Crippen LogP) is 1.49. The van der Waals surface area contributed by atoms with Crippen LogP contribution >= 0.6 is 0 Å². The van der Waals surface area contributed by atoms with Crippen LogP contribution in [0.4, 0.5) is 0 Å². The highest BCUT2D eigenvalue weighted by Gasteiger charge is 2.26. The number of amides is 2. The summed E-state index contributed by atoms with van der Waals surface area (Å²) < 4.78 is 0. The highest BCUT2D eigenvalue weighted by molar-refractivity contribution is 6.34. The Morgan fingerprint density at radius 2 is 1.86 bits per heavy atom. The normalized spacial score (nSPS) is 14.8. The van der Waals surface area contributed by atoms with E-state index < -0.39 is 0 Å². The Hall–Kier alpha value is -1.91. The van der Waals surface area contributed by atoms with E-state index >= 15 is 0 Å². The lowest BCUT2D eigenvalue weighted by atomic mass is 10.1. The van der Waals surface area contributed by atoms with E-state index in [1.807, 2.05) is 19.1 Å². The van der Waals surface area contributed by atoms with Gasteiger partial charge in [0.1, 0.15) is 0 Å². The van der Waals surface area contributed by atoms with Crippen molar-refractivity contribution >= 4 is 11.8 Å². The third-order valence-corrected chi connectivity index (χ3v) is 3.91. The molecule has 0 radical (unpaired) electrons. The van der Waals surface area contributed by atoms with Crippen molar-refractivity contribution in [3.63, 3.8) is 0 Å². The van der Waals surface area contributed by atoms with E-state index in [-0.39, 0.29) is 11.8 Å². The summed E-state index contributed by atoms with van der Waals surface area (Å²) in [6.07, 6.45) is 7.38. The van der Waals surface area contributed by atoms with Gasteiger partial charge in [0.05, 0.1) is 0 Å². The molecule has 0 atom stereocenters. The van der Waals surface area contributed by atoms with Gasteiger partial charge < -0.3 is 9.80 Å². The molecule has 0 aliphatic carbocycles. The van der Waals surface area contributed by atoms with Gasteiger partial charge in [0.15, 0.2) is 0 Å². The number of piperidine rings is 1. The van der Waals surface area contributed by atoms with Crippen LogP contribution in [0.1, 0.15) is 31.7 Å². The zero-order chi connectivity index (χ0) is 15.1. The first-order valence-corrected chi connectivity index (χ1v) is 7.69. The molecule has 1 aliphatic rings. The molecule has 0 unspecified atom stereocenters. The van der Waals surface area contributed by atoms with Gasteiger partial charge in [-0.25, -0.2) is 0 Å². The van der Waals surface area contributed by atoms with Crippen molar-refractivity contribution in [3.05, 3.63) is 30.1 Å². The van der Waals surface area contributed by atoms with E-state index in [1.165, 1.54) is 0 Å². The largest absolute Gasteiger partial charge is 0.334 e. The van der Waals surface area contributed by atoms with Gasteiger partial charge in [-0.3, -0.25) is 14.6 Å². The van der Waals surface area contributed by atoms with Crippen LogP contribution < -0.4 is 0 Å². The first kappa shape index (κ1) is 15.5. The van der Waals surface area contributed by atoms with Gasteiger partial charge in [0.2, 0.25) is 0 Å². The maximum absolute atomic E-state index is 12.3. The van der Waals surface area contributed by atoms with Crippen molar-refractivity contribution in [2.75, 3.05) is 26.2 Å². The lowest BCUT2D eigenvalue weighted by Gasteiger charge is -2.29. The Balaban J connectivity index is 1.90. The van der Waals surface area contributed by atoms with Gasteiger partial charge in [-0.1, -0.05) is 0 Å². The molecule has 1 fully saturated rings. The maximum Gasteiger partial charge on any atom is 0.312 e. The fraction of sp³-hybridized carbons (Fsp3) is 0.562. The highest BCUT2D eigenvalue weighted by Crippen LogP contribution is 2.10. The Labute approximate surface area is 126 Å². The molecule has 1 aliphatic heterocycles. The zero-order valence-electron chi connectivity index (χ0n) is 12.6. The van der Waals surface area contributed by atoms with E-state index in [0.29, 0.717) is 26.2 Å². The van der Waals surface area contributed by atoms with Crippen LogP contribution in [-0.2, 0) is 16.0 Å². The van der Waals surface area contributed by atoms with Gasteiger partial charge in [-0.15, -0.1) is 0 Å². The smallest absolute Gasteiger partial charge is 0.312 e. The van der Waals surface area contributed by atoms with Gasteiger partial charge in [-0.05, 0) is 50.3 Å². The number of likely N-dealkylation sites (N-methyl/N-ethyl adjacent to an activating group) is 1. The number of carbonyl (C=O) groups excluding carboxylic acids is 2. The number of carbonyl (C=O) groups is 2. The molecule has 2 heterocycles. The van der Waals surface area contributed by atoms with Crippen LogP contribution in [0, 0.1) is 0 Å². The summed E-state index contributed by atoms with van der Waals surface area (Å²) in [5.41, 5.74) is 1.13. The molecule has 0 aromatic carbocycles. The lowest BCUT2D eigenvalue weighted by Crippen LogP contribution is -2.47. The standard InChI is InChI=1S/C16H23N3O2/c1-2-18(13-8-14-6-9-17-10-7-14)15(20)16(21)19-11-4-3-5-12-19/h6-7,9-10H,2-5,8,11-13H2,1H3. The minimum atomic E-state index is -0.367. The minimum Gasteiger partial charge on any atom is -0.334 e. The fourth-order valence-electron chi connectivity index (χ4n) is 2.58. The average molecular weight is 289 g/mol. The topological polar surface area (TPSA) is 53.5 Å². The summed E-state index contributed by atoms with van der Waals surface area (Å²) in [4.78, 5) is 31.9. The molecular formula is C16H23N3O2. The minimum absolute atomic E-state index is 0.341. The van der Waals surface area contributed by atoms with E-state index in [9.17, 15) is 9.59 Å². The van der Waals surface area contributed by atoms with Crippen molar-refractivity contribution in [1.82, 2.24) is 14.8 Å². The second kappa shape index (κ2) is 7.76. The van der Waals surface area contributed by atoms with Crippen LogP contribution in [-0.4, -0.2) is 52.8 Å². The molecule has 0 saturated carbocycles. The SMILES string of the molecule is CCN(CCc1ccncc1)C(=O)C(=O)N1CCCCC1. The molecule has 1 aromatic rings. The number of aromatic nitrogens is 1. The molecule has 21 heavy (non-hydrogen) atoms. The van der Waals surface area contributed by atoms with Crippen LogP contribution in [0.2, 0.25) is 0 Å². The van der Waals surface area contributed by atoms with Crippen molar-refractivity contribution < 1.29 is 9.59 Å². The number of hydrogen-bond donors (Lipinski definition) is 0. The molecular weight excluding hydrogens is 266 g/mol. The molecule has 114 valence electrons. The predicted molar refractivity (Wildman–Crippen MR) is 80.6 cm³/mol. The van der Waals surface area contributed by atoms with E-state index in [0.717, 1.165) is 31.2 Å².